The van der Waals surface area contributed by atoms with Gasteiger partial charge in [-0.3, -0.25) is 4.98 Å². The van der Waals surface area contributed by atoms with Crippen LogP contribution in [0.5, 0.6) is 0 Å². The predicted molar refractivity (Wildman–Crippen MR) is 54.9 cm³/mol. The summed E-state index contributed by atoms with van der Waals surface area (Å²) in [6.45, 7) is 1.70. The third-order valence-electron chi connectivity index (χ3n) is 1.63. The molecule has 2 rings (SSSR count). The number of rotatable bonds is 2. The quantitative estimate of drug-likeness (QED) is 0.853. The van der Waals surface area contributed by atoms with Crippen molar-refractivity contribution in [2.45, 2.75) is 6.92 Å². The molecule has 0 radical (unpaired) electrons. The van der Waals surface area contributed by atoms with E-state index in [1.165, 1.54) is 22.7 Å². The number of carbonyl (C=O) groups is 1. The predicted octanol–water partition coefficient (Wildman–Crippen LogP) is 2.27. The summed E-state index contributed by atoms with van der Waals surface area (Å²) in [7, 11) is 0. The summed E-state index contributed by atoms with van der Waals surface area (Å²) in [4.78, 5) is 20.1. The highest BCUT2D eigenvalue weighted by atomic mass is 32.1. The number of carboxylic acids is 1. The Balaban J connectivity index is 2.48. The Morgan fingerprint density at radius 3 is 2.86 bits per heavy atom. The van der Waals surface area contributed by atoms with Crippen molar-refractivity contribution >= 4 is 28.6 Å². The first-order valence-corrected chi connectivity index (χ1v) is 5.47. The maximum atomic E-state index is 10.8. The number of thiazole rings is 2. The number of hydrogen-bond donors (Lipinski definition) is 1. The van der Waals surface area contributed by atoms with Gasteiger partial charge in [0.05, 0.1) is 16.1 Å². The third kappa shape index (κ3) is 1.53. The van der Waals surface area contributed by atoms with Crippen LogP contribution in [0.25, 0.3) is 9.88 Å². The molecular formula is C8H6N2O2S2. The van der Waals surface area contributed by atoms with Crippen molar-refractivity contribution in [1.29, 1.82) is 0 Å². The van der Waals surface area contributed by atoms with Crippen LogP contribution in [0.15, 0.2) is 11.7 Å². The highest BCUT2D eigenvalue weighted by Gasteiger charge is 2.15. The molecule has 2 heterocycles. The lowest BCUT2D eigenvalue weighted by Gasteiger charge is -1.84. The lowest BCUT2D eigenvalue weighted by atomic mass is 10.4. The van der Waals surface area contributed by atoms with Crippen molar-refractivity contribution in [2.75, 3.05) is 0 Å². The van der Waals surface area contributed by atoms with E-state index in [4.69, 9.17) is 5.11 Å². The van der Waals surface area contributed by atoms with Crippen LogP contribution in [-0.4, -0.2) is 21.0 Å². The van der Waals surface area contributed by atoms with E-state index >= 15 is 0 Å². The fourth-order valence-electron chi connectivity index (χ4n) is 1.02. The molecule has 4 nitrogen and oxygen atoms in total. The molecule has 2 aromatic rings. The van der Waals surface area contributed by atoms with E-state index in [0.29, 0.717) is 10.6 Å². The molecule has 72 valence electrons. The smallest absolute Gasteiger partial charge is 0.347 e. The number of carboxylic acid groups (broad SMARTS) is 1. The molecule has 0 saturated heterocycles. The second kappa shape index (κ2) is 3.47. The Morgan fingerprint density at radius 2 is 2.36 bits per heavy atom. The Morgan fingerprint density at radius 1 is 1.57 bits per heavy atom. The van der Waals surface area contributed by atoms with Crippen LogP contribution in [0.4, 0.5) is 0 Å². The Kier molecular flexibility index (Phi) is 2.30. The number of aryl methyl sites for hydroxylation is 1. The first-order chi connectivity index (χ1) is 6.68. The molecule has 14 heavy (non-hydrogen) atoms. The lowest BCUT2D eigenvalue weighted by Crippen LogP contribution is -1.94. The number of hydrogen-bond acceptors (Lipinski definition) is 5. The third-order valence-corrected chi connectivity index (χ3v) is 3.72. The lowest BCUT2D eigenvalue weighted by molar-refractivity contribution is 0.0701. The molecule has 2 aromatic heterocycles. The topological polar surface area (TPSA) is 63.1 Å². The second-order valence-corrected chi connectivity index (χ2v) is 4.49. The van der Waals surface area contributed by atoms with E-state index < -0.39 is 5.97 Å². The van der Waals surface area contributed by atoms with Gasteiger partial charge in [-0.1, -0.05) is 0 Å². The molecule has 0 aliphatic heterocycles. The Hall–Kier alpha value is -1.27. The monoisotopic (exact) mass is 226 g/mol. The maximum absolute atomic E-state index is 10.8. The van der Waals surface area contributed by atoms with Crippen molar-refractivity contribution in [3.05, 3.63) is 22.3 Å². The van der Waals surface area contributed by atoms with Gasteiger partial charge in [0.2, 0.25) is 0 Å². The van der Waals surface area contributed by atoms with Gasteiger partial charge in [-0.15, -0.1) is 22.7 Å². The van der Waals surface area contributed by atoms with Crippen LogP contribution < -0.4 is 0 Å². The first kappa shape index (κ1) is 9.29. The molecule has 6 heteroatoms. The minimum atomic E-state index is -0.921. The van der Waals surface area contributed by atoms with Gasteiger partial charge < -0.3 is 5.11 Å². The molecule has 0 unspecified atom stereocenters. The number of aromatic carboxylic acids is 1. The van der Waals surface area contributed by atoms with E-state index in [1.54, 1.807) is 18.6 Å². The summed E-state index contributed by atoms with van der Waals surface area (Å²) in [5, 5.41) is 9.56. The van der Waals surface area contributed by atoms with Crippen LogP contribution in [-0.2, 0) is 0 Å². The second-order valence-electron chi connectivity index (χ2n) is 2.60. The van der Waals surface area contributed by atoms with Gasteiger partial charge in [0, 0.05) is 6.20 Å². The zero-order valence-electron chi connectivity index (χ0n) is 7.22. The fourth-order valence-corrected chi connectivity index (χ4v) is 2.60. The normalized spacial score (nSPS) is 10.4. The van der Waals surface area contributed by atoms with E-state index in [-0.39, 0.29) is 0 Å². The largest absolute Gasteiger partial charge is 0.477 e. The van der Waals surface area contributed by atoms with Crippen LogP contribution >= 0.6 is 22.7 Å². The number of nitrogens with zero attached hydrogens (tertiary/aromatic N) is 2. The summed E-state index contributed by atoms with van der Waals surface area (Å²) in [5.41, 5.74) is 2.26. The average Bonchev–Trinajstić information content (AvgIpc) is 2.70. The van der Waals surface area contributed by atoms with Gasteiger partial charge >= 0.3 is 5.97 Å². The standard InChI is InChI=1S/C8H6N2O2S2/c1-4-6(8(11)12)14-7(10-4)5-2-9-3-13-5/h2-3H,1H3,(H,11,12). The zero-order valence-corrected chi connectivity index (χ0v) is 8.85. The summed E-state index contributed by atoms with van der Waals surface area (Å²) >= 11 is 2.64. The van der Waals surface area contributed by atoms with Crippen LogP contribution in [0.3, 0.4) is 0 Å². The summed E-state index contributed by atoms with van der Waals surface area (Å²) in [5.74, 6) is -0.921. The van der Waals surface area contributed by atoms with Crippen LogP contribution in [0.2, 0.25) is 0 Å². The van der Waals surface area contributed by atoms with Crippen LogP contribution in [0.1, 0.15) is 15.4 Å². The molecule has 0 aliphatic rings. The highest BCUT2D eigenvalue weighted by Crippen LogP contribution is 2.29. The first-order valence-electron chi connectivity index (χ1n) is 3.78. The minimum absolute atomic E-state index is 0.299. The van der Waals surface area contributed by atoms with Crippen molar-refractivity contribution in [1.82, 2.24) is 9.97 Å². The van der Waals surface area contributed by atoms with E-state index in [9.17, 15) is 4.79 Å². The molecule has 0 aromatic carbocycles. The van der Waals surface area contributed by atoms with Gasteiger partial charge in [-0.25, -0.2) is 9.78 Å². The Labute approximate surface area is 87.9 Å². The molecule has 0 aliphatic carbocycles. The molecule has 0 bridgehead atoms. The summed E-state index contributed by atoms with van der Waals surface area (Å²) in [6, 6.07) is 0. The highest BCUT2D eigenvalue weighted by molar-refractivity contribution is 7.21. The average molecular weight is 226 g/mol. The van der Waals surface area contributed by atoms with Crippen molar-refractivity contribution < 1.29 is 9.90 Å². The van der Waals surface area contributed by atoms with Crippen molar-refractivity contribution in [3.8, 4) is 9.88 Å². The molecule has 0 amide bonds. The Bertz CT molecular complexity index is 462. The molecule has 1 N–H and O–H groups in total. The number of aromatic nitrogens is 2. The van der Waals surface area contributed by atoms with Gasteiger partial charge in [0.1, 0.15) is 9.88 Å². The summed E-state index contributed by atoms with van der Waals surface area (Å²) < 4.78 is 0. The van der Waals surface area contributed by atoms with Gasteiger partial charge in [0.15, 0.2) is 0 Å². The molecular weight excluding hydrogens is 220 g/mol. The maximum Gasteiger partial charge on any atom is 0.347 e. The van der Waals surface area contributed by atoms with E-state index in [2.05, 4.69) is 9.97 Å². The van der Waals surface area contributed by atoms with Gasteiger partial charge in [-0.2, -0.15) is 0 Å². The zero-order chi connectivity index (χ0) is 10.1. The minimum Gasteiger partial charge on any atom is -0.477 e. The molecule has 0 spiro atoms. The molecule has 0 fully saturated rings. The molecule has 0 saturated carbocycles. The van der Waals surface area contributed by atoms with Gasteiger partial charge in [0.25, 0.3) is 0 Å². The van der Waals surface area contributed by atoms with E-state index in [1.807, 2.05) is 0 Å². The van der Waals surface area contributed by atoms with E-state index in [0.717, 1.165) is 9.88 Å². The van der Waals surface area contributed by atoms with Gasteiger partial charge in [-0.05, 0) is 6.92 Å². The fraction of sp³-hybridized carbons (Fsp3) is 0.125. The van der Waals surface area contributed by atoms with Crippen molar-refractivity contribution in [2.24, 2.45) is 0 Å². The van der Waals surface area contributed by atoms with Crippen LogP contribution in [0, 0.1) is 6.92 Å². The molecule has 0 atom stereocenters. The summed E-state index contributed by atoms with van der Waals surface area (Å²) in [6.07, 6.45) is 1.69. The SMILES string of the molecule is Cc1nc(-c2cncs2)sc1C(=O)O. The van der Waals surface area contributed by atoms with Crippen molar-refractivity contribution in [3.63, 3.8) is 0 Å².